The SMILES string of the molecule is CCOc1ccc(C2(CNC(C)c3cccnc3)CCOCC2)cc1. The summed E-state index contributed by atoms with van der Waals surface area (Å²) in [5.74, 6) is 0.935. The molecule has 2 aromatic rings. The van der Waals surface area contributed by atoms with Crippen molar-refractivity contribution in [2.75, 3.05) is 26.4 Å². The van der Waals surface area contributed by atoms with E-state index in [1.54, 1.807) is 0 Å². The number of ether oxygens (including phenoxy) is 2. The first-order valence-corrected chi connectivity index (χ1v) is 9.18. The molecular formula is C21H28N2O2. The first kappa shape index (κ1) is 17.9. The van der Waals surface area contributed by atoms with Gasteiger partial charge in [-0.15, -0.1) is 0 Å². The van der Waals surface area contributed by atoms with Crippen molar-refractivity contribution in [2.45, 2.75) is 38.1 Å². The van der Waals surface area contributed by atoms with E-state index in [-0.39, 0.29) is 11.5 Å². The molecule has 4 heteroatoms. The van der Waals surface area contributed by atoms with Crippen molar-refractivity contribution in [2.24, 2.45) is 0 Å². The quantitative estimate of drug-likeness (QED) is 0.831. The van der Waals surface area contributed by atoms with Crippen LogP contribution in [-0.2, 0) is 10.2 Å². The molecule has 1 aliphatic rings. The minimum Gasteiger partial charge on any atom is -0.494 e. The molecule has 0 spiro atoms. The van der Waals surface area contributed by atoms with Gasteiger partial charge in [-0.05, 0) is 56.0 Å². The summed E-state index contributed by atoms with van der Waals surface area (Å²) in [7, 11) is 0. The summed E-state index contributed by atoms with van der Waals surface area (Å²) >= 11 is 0. The third kappa shape index (κ3) is 4.39. The lowest BCUT2D eigenvalue weighted by atomic mass is 9.74. The van der Waals surface area contributed by atoms with Crippen molar-refractivity contribution < 1.29 is 9.47 Å². The molecule has 134 valence electrons. The van der Waals surface area contributed by atoms with E-state index in [1.807, 2.05) is 25.4 Å². The first-order valence-electron chi connectivity index (χ1n) is 9.18. The van der Waals surface area contributed by atoms with Crippen LogP contribution in [0.1, 0.15) is 43.9 Å². The molecule has 0 bridgehead atoms. The lowest BCUT2D eigenvalue weighted by Gasteiger charge is -2.39. The van der Waals surface area contributed by atoms with Gasteiger partial charge < -0.3 is 14.8 Å². The lowest BCUT2D eigenvalue weighted by Crippen LogP contribution is -2.43. The molecule has 0 aliphatic carbocycles. The second-order valence-corrected chi connectivity index (χ2v) is 6.74. The predicted octanol–water partition coefficient (Wildman–Crippen LogP) is 3.88. The average molecular weight is 340 g/mol. The number of rotatable bonds is 7. The molecule has 1 saturated heterocycles. The van der Waals surface area contributed by atoms with Crippen LogP contribution in [0, 0.1) is 0 Å². The van der Waals surface area contributed by atoms with Crippen LogP contribution in [0.2, 0.25) is 0 Å². The molecule has 1 aliphatic heterocycles. The van der Waals surface area contributed by atoms with Crippen molar-refractivity contribution in [3.8, 4) is 5.75 Å². The molecule has 0 amide bonds. The zero-order chi connectivity index (χ0) is 17.5. The highest BCUT2D eigenvalue weighted by Gasteiger charge is 2.34. The molecular weight excluding hydrogens is 312 g/mol. The highest BCUT2D eigenvalue weighted by molar-refractivity contribution is 5.33. The van der Waals surface area contributed by atoms with E-state index in [0.29, 0.717) is 6.61 Å². The van der Waals surface area contributed by atoms with Crippen LogP contribution >= 0.6 is 0 Å². The average Bonchev–Trinajstić information content (AvgIpc) is 2.68. The van der Waals surface area contributed by atoms with E-state index in [1.165, 1.54) is 11.1 Å². The molecule has 4 nitrogen and oxygen atoms in total. The topological polar surface area (TPSA) is 43.4 Å². The number of hydrogen-bond acceptors (Lipinski definition) is 4. The monoisotopic (exact) mass is 340 g/mol. The fourth-order valence-electron chi connectivity index (χ4n) is 3.50. The predicted molar refractivity (Wildman–Crippen MR) is 100.0 cm³/mol. The maximum Gasteiger partial charge on any atom is 0.119 e. The molecule has 2 heterocycles. The van der Waals surface area contributed by atoms with Crippen molar-refractivity contribution >= 4 is 0 Å². The van der Waals surface area contributed by atoms with Gasteiger partial charge in [0.25, 0.3) is 0 Å². The zero-order valence-electron chi connectivity index (χ0n) is 15.2. The third-order valence-electron chi connectivity index (χ3n) is 5.16. The summed E-state index contributed by atoms with van der Waals surface area (Å²) in [6.07, 6.45) is 5.82. The lowest BCUT2D eigenvalue weighted by molar-refractivity contribution is 0.0490. The third-order valence-corrected chi connectivity index (χ3v) is 5.16. The molecule has 1 N–H and O–H groups in total. The van der Waals surface area contributed by atoms with Crippen LogP contribution in [0.15, 0.2) is 48.8 Å². The number of nitrogens with one attached hydrogen (secondary N) is 1. The van der Waals surface area contributed by atoms with E-state index in [4.69, 9.17) is 9.47 Å². The Morgan fingerprint density at radius 2 is 1.96 bits per heavy atom. The van der Waals surface area contributed by atoms with Gasteiger partial charge in [-0.3, -0.25) is 4.98 Å². The highest BCUT2D eigenvalue weighted by atomic mass is 16.5. The molecule has 1 aromatic heterocycles. The van der Waals surface area contributed by atoms with Gasteiger partial charge in [-0.1, -0.05) is 18.2 Å². The molecule has 3 rings (SSSR count). The minimum absolute atomic E-state index is 0.111. The molecule has 1 aromatic carbocycles. The second kappa shape index (κ2) is 8.45. The summed E-state index contributed by atoms with van der Waals surface area (Å²) in [5, 5.41) is 3.72. The summed E-state index contributed by atoms with van der Waals surface area (Å²) in [4.78, 5) is 4.23. The standard InChI is InChI=1S/C21H28N2O2/c1-3-25-20-8-6-19(7-9-20)21(10-13-24-14-11-21)16-23-17(2)18-5-4-12-22-15-18/h4-9,12,15,17,23H,3,10-11,13-14,16H2,1-2H3. The van der Waals surface area contributed by atoms with Crippen LogP contribution in [0.5, 0.6) is 5.75 Å². The second-order valence-electron chi connectivity index (χ2n) is 6.74. The number of pyridine rings is 1. The van der Waals surface area contributed by atoms with Gasteiger partial charge in [0.05, 0.1) is 6.61 Å². The van der Waals surface area contributed by atoms with Gasteiger partial charge >= 0.3 is 0 Å². The van der Waals surface area contributed by atoms with Gasteiger partial charge in [0.1, 0.15) is 5.75 Å². The van der Waals surface area contributed by atoms with Crippen LogP contribution in [-0.4, -0.2) is 31.3 Å². The molecule has 1 fully saturated rings. The minimum atomic E-state index is 0.111. The summed E-state index contributed by atoms with van der Waals surface area (Å²) in [6.45, 7) is 7.47. The van der Waals surface area contributed by atoms with Gasteiger partial charge in [-0.2, -0.15) is 0 Å². The number of aromatic nitrogens is 1. The van der Waals surface area contributed by atoms with E-state index >= 15 is 0 Å². The smallest absolute Gasteiger partial charge is 0.119 e. The van der Waals surface area contributed by atoms with Gasteiger partial charge in [0, 0.05) is 43.6 Å². The van der Waals surface area contributed by atoms with Gasteiger partial charge in [0.15, 0.2) is 0 Å². The molecule has 0 saturated carbocycles. The Morgan fingerprint density at radius 1 is 1.20 bits per heavy atom. The van der Waals surface area contributed by atoms with Crippen LogP contribution in [0.25, 0.3) is 0 Å². The van der Waals surface area contributed by atoms with Gasteiger partial charge in [-0.25, -0.2) is 0 Å². The van der Waals surface area contributed by atoms with Crippen molar-refractivity contribution in [1.29, 1.82) is 0 Å². The Kier molecular flexibility index (Phi) is 6.05. The first-order chi connectivity index (χ1) is 12.2. The van der Waals surface area contributed by atoms with E-state index in [9.17, 15) is 0 Å². The summed E-state index contributed by atoms with van der Waals surface area (Å²) in [5.41, 5.74) is 2.70. The molecule has 1 unspecified atom stereocenters. The molecule has 1 atom stereocenters. The Bertz CT molecular complexity index is 637. The normalized spacial score (nSPS) is 17.8. The van der Waals surface area contributed by atoms with Crippen LogP contribution < -0.4 is 10.1 Å². The summed E-state index contributed by atoms with van der Waals surface area (Å²) in [6, 6.07) is 13.0. The van der Waals surface area contributed by atoms with Crippen LogP contribution in [0.4, 0.5) is 0 Å². The Morgan fingerprint density at radius 3 is 2.60 bits per heavy atom. The Hall–Kier alpha value is -1.91. The fraction of sp³-hybridized carbons (Fsp3) is 0.476. The van der Waals surface area contributed by atoms with Crippen molar-refractivity contribution in [3.63, 3.8) is 0 Å². The van der Waals surface area contributed by atoms with E-state index in [0.717, 1.165) is 38.3 Å². The van der Waals surface area contributed by atoms with Gasteiger partial charge in [0.2, 0.25) is 0 Å². The van der Waals surface area contributed by atoms with Crippen molar-refractivity contribution in [1.82, 2.24) is 10.3 Å². The number of benzene rings is 1. The maximum atomic E-state index is 5.64. The zero-order valence-corrected chi connectivity index (χ0v) is 15.2. The molecule has 25 heavy (non-hydrogen) atoms. The Balaban J connectivity index is 1.74. The van der Waals surface area contributed by atoms with E-state index in [2.05, 4.69) is 47.6 Å². The number of hydrogen-bond donors (Lipinski definition) is 1. The number of nitrogens with zero attached hydrogens (tertiary/aromatic N) is 1. The fourth-order valence-corrected chi connectivity index (χ4v) is 3.50. The largest absolute Gasteiger partial charge is 0.494 e. The molecule has 0 radical (unpaired) electrons. The van der Waals surface area contributed by atoms with E-state index < -0.39 is 0 Å². The van der Waals surface area contributed by atoms with Crippen molar-refractivity contribution in [3.05, 3.63) is 59.9 Å². The van der Waals surface area contributed by atoms with Crippen LogP contribution in [0.3, 0.4) is 0 Å². The highest BCUT2D eigenvalue weighted by Crippen LogP contribution is 2.35. The maximum absolute atomic E-state index is 5.64. The summed E-state index contributed by atoms with van der Waals surface area (Å²) < 4.78 is 11.2. The Labute approximate surface area is 150 Å².